The number of fused-ring (bicyclic) bond motifs is 1. The molecule has 1 amide bonds. The third-order valence-electron chi connectivity index (χ3n) is 4.22. The summed E-state index contributed by atoms with van der Waals surface area (Å²) in [6.45, 7) is 1.72. The third-order valence-corrected chi connectivity index (χ3v) is 4.22. The highest BCUT2D eigenvalue weighted by atomic mass is 16.5. The smallest absolute Gasteiger partial charge is 0.236 e. The fourth-order valence-corrected chi connectivity index (χ4v) is 2.97. The Morgan fingerprint density at radius 2 is 1.96 bits per heavy atom. The maximum absolute atomic E-state index is 12.4. The van der Waals surface area contributed by atoms with Crippen LogP contribution in [0.5, 0.6) is 5.75 Å². The number of hydrogen-bond donors (Lipinski definition) is 0. The van der Waals surface area contributed by atoms with Gasteiger partial charge < -0.3 is 9.64 Å². The van der Waals surface area contributed by atoms with E-state index in [1.54, 1.807) is 17.3 Å². The van der Waals surface area contributed by atoms with Crippen LogP contribution in [0.2, 0.25) is 0 Å². The molecule has 1 aliphatic heterocycles. The van der Waals surface area contributed by atoms with Crippen LogP contribution in [0, 0.1) is 0 Å². The van der Waals surface area contributed by atoms with E-state index in [4.69, 9.17) is 4.74 Å². The zero-order valence-corrected chi connectivity index (χ0v) is 14.2. The first kappa shape index (κ1) is 16.5. The molecular weight excluding hydrogens is 302 g/mol. The quantitative estimate of drug-likeness (QED) is 0.815. The Balaban J connectivity index is 1.47. The Bertz CT molecular complexity index is 665. The van der Waals surface area contributed by atoms with Crippen LogP contribution in [-0.4, -0.2) is 54.0 Å². The number of para-hydroxylation sites is 1. The Labute approximate surface area is 142 Å². The second-order valence-corrected chi connectivity index (χ2v) is 6.35. The van der Waals surface area contributed by atoms with Gasteiger partial charge in [-0.2, -0.15) is 0 Å². The van der Waals surface area contributed by atoms with E-state index in [0.29, 0.717) is 13.1 Å². The molecule has 0 spiro atoms. The number of ether oxygens (including phenoxy) is 1. The van der Waals surface area contributed by atoms with Crippen LogP contribution in [0.15, 0.2) is 48.8 Å². The van der Waals surface area contributed by atoms with Crippen molar-refractivity contribution in [2.24, 2.45) is 0 Å². The largest absolute Gasteiger partial charge is 0.488 e. The zero-order chi connectivity index (χ0) is 16.9. The van der Waals surface area contributed by atoms with Gasteiger partial charge in [-0.05, 0) is 36.4 Å². The minimum atomic E-state index is 0.0434. The van der Waals surface area contributed by atoms with E-state index in [1.165, 1.54) is 5.56 Å². The van der Waals surface area contributed by atoms with E-state index in [2.05, 4.69) is 11.1 Å². The van der Waals surface area contributed by atoms with E-state index < -0.39 is 0 Å². The molecule has 0 aliphatic carbocycles. The van der Waals surface area contributed by atoms with E-state index in [0.717, 1.165) is 24.3 Å². The van der Waals surface area contributed by atoms with Crippen molar-refractivity contribution in [2.75, 3.05) is 27.2 Å². The van der Waals surface area contributed by atoms with Gasteiger partial charge in [0, 0.05) is 32.4 Å². The van der Waals surface area contributed by atoms with Crippen molar-refractivity contribution in [3.63, 3.8) is 0 Å². The molecule has 0 fully saturated rings. The fraction of sp³-hybridized carbons (Fsp3) is 0.368. The van der Waals surface area contributed by atoms with Crippen LogP contribution in [0.3, 0.4) is 0 Å². The molecule has 1 aromatic carbocycles. The van der Waals surface area contributed by atoms with Crippen molar-refractivity contribution in [2.45, 2.75) is 19.1 Å². The highest BCUT2D eigenvalue weighted by Gasteiger charge is 2.25. The summed E-state index contributed by atoms with van der Waals surface area (Å²) in [6, 6.07) is 12.0. The predicted molar refractivity (Wildman–Crippen MR) is 92.8 cm³/mol. The molecule has 2 heterocycles. The molecule has 1 unspecified atom stereocenters. The predicted octanol–water partition coefficient (Wildman–Crippen LogP) is 1.98. The zero-order valence-electron chi connectivity index (χ0n) is 14.2. The summed E-state index contributed by atoms with van der Waals surface area (Å²) in [5.74, 6) is 1.05. The van der Waals surface area contributed by atoms with Gasteiger partial charge in [-0.3, -0.25) is 14.7 Å². The van der Waals surface area contributed by atoms with Gasteiger partial charge in [0.1, 0.15) is 11.9 Å². The number of aromatic nitrogens is 1. The van der Waals surface area contributed by atoms with Gasteiger partial charge in [0.15, 0.2) is 0 Å². The molecule has 0 bridgehead atoms. The Morgan fingerprint density at radius 3 is 2.71 bits per heavy atom. The molecule has 24 heavy (non-hydrogen) atoms. The number of amides is 1. The highest BCUT2D eigenvalue weighted by molar-refractivity contribution is 5.78. The summed E-state index contributed by atoms with van der Waals surface area (Å²) in [5, 5.41) is 0. The number of benzene rings is 1. The van der Waals surface area contributed by atoms with Crippen LogP contribution in [0.25, 0.3) is 0 Å². The van der Waals surface area contributed by atoms with Crippen LogP contribution in [0.1, 0.15) is 11.1 Å². The number of rotatable bonds is 6. The summed E-state index contributed by atoms with van der Waals surface area (Å²) in [6.07, 6.45) is 4.45. The molecule has 0 radical (unpaired) electrons. The van der Waals surface area contributed by atoms with E-state index >= 15 is 0 Å². The Kier molecular flexibility index (Phi) is 5.11. The third kappa shape index (κ3) is 4.11. The summed E-state index contributed by atoms with van der Waals surface area (Å²) < 4.78 is 5.91. The number of likely N-dealkylation sites (N-methyl/N-ethyl adjacent to an activating group) is 2. The topological polar surface area (TPSA) is 45.7 Å². The minimum Gasteiger partial charge on any atom is -0.488 e. The molecule has 0 N–H and O–H groups in total. The van der Waals surface area contributed by atoms with Gasteiger partial charge in [0.2, 0.25) is 5.91 Å². The molecule has 1 aliphatic rings. The van der Waals surface area contributed by atoms with E-state index in [1.807, 2.05) is 49.3 Å². The maximum Gasteiger partial charge on any atom is 0.236 e. The molecule has 126 valence electrons. The lowest BCUT2D eigenvalue weighted by molar-refractivity contribution is -0.131. The monoisotopic (exact) mass is 325 g/mol. The highest BCUT2D eigenvalue weighted by Crippen LogP contribution is 2.28. The van der Waals surface area contributed by atoms with Crippen molar-refractivity contribution >= 4 is 5.91 Å². The fourth-order valence-electron chi connectivity index (χ4n) is 2.97. The van der Waals surface area contributed by atoms with Gasteiger partial charge in [-0.25, -0.2) is 0 Å². The first-order chi connectivity index (χ1) is 11.6. The lowest BCUT2D eigenvalue weighted by Crippen LogP contribution is -2.41. The van der Waals surface area contributed by atoms with Gasteiger partial charge >= 0.3 is 0 Å². The number of hydrogen-bond acceptors (Lipinski definition) is 4. The van der Waals surface area contributed by atoms with Crippen molar-refractivity contribution in [1.82, 2.24) is 14.8 Å². The molecule has 5 heteroatoms. The van der Waals surface area contributed by atoms with Crippen molar-refractivity contribution in [1.29, 1.82) is 0 Å². The van der Waals surface area contributed by atoms with E-state index in [-0.39, 0.29) is 12.0 Å². The average molecular weight is 325 g/mol. The summed E-state index contributed by atoms with van der Waals surface area (Å²) in [7, 11) is 3.79. The second kappa shape index (κ2) is 7.45. The molecule has 5 nitrogen and oxygen atoms in total. The van der Waals surface area contributed by atoms with Gasteiger partial charge in [-0.1, -0.05) is 18.2 Å². The number of nitrogens with zero attached hydrogens (tertiary/aromatic N) is 3. The molecule has 0 saturated heterocycles. The Morgan fingerprint density at radius 1 is 1.21 bits per heavy atom. The molecule has 1 aromatic heterocycles. The van der Waals surface area contributed by atoms with Gasteiger partial charge in [0.05, 0.1) is 13.1 Å². The SMILES string of the molecule is CN(CC(=O)N(C)CC1Cc2ccccc2O1)Cc1ccncc1. The van der Waals surface area contributed by atoms with Crippen LogP contribution in [0.4, 0.5) is 0 Å². The van der Waals surface area contributed by atoms with Crippen LogP contribution >= 0.6 is 0 Å². The van der Waals surface area contributed by atoms with Crippen molar-refractivity contribution in [3.8, 4) is 5.75 Å². The second-order valence-electron chi connectivity index (χ2n) is 6.35. The summed E-state index contributed by atoms with van der Waals surface area (Å²) >= 11 is 0. The molecule has 1 atom stereocenters. The van der Waals surface area contributed by atoms with Crippen molar-refractivity contribution < 1.29 is 9.53 Å². The Hall–Kier alpha value is -2.40. The van der Waals surface area contributed by atoms with Crippen molar-refractivity contribution in [3.05, 3.63) is 59.9 Å². The first-order valence-corrected chi connectivity index (χ1v) is 8.18. The normalized spacial score (nSPS) is 15.9. The van der Waals surface area contributed by atoms with Crippen LogP contribution < -0.4 is 4.74 Å². The average Bonchev–Trinajstić information content (AvgIpc) is 2.97. The molecule has 2 aromatic rings. The molecule has 3 rings (SSSR count). The minimum absolute atomic E-state index is 0.0434. The van der Waals surface area contributed by atoms with Gasteiger partial charge in [-0.15, -0.1) is 0 Å². The van der Waals surface area contributed by atoms with Crippen LogP contribution in [-0.2, 0) is 17.8 Å². The number of carbonyl (C=O) groups is 1. The van der Waals surface area contributed by atoms with Gasteiger partial charge in [0.25, 0.3) is 0 Å². The standard InChI is InChI=1S/C19H23N3O2/c1-21(12-15-7-9-20-10-8-15)14-19(23)22(2)13-17-11-16-5-3-4-6-18(16)24-17/h3-10,17H,11-14H2,1-2H3. The lowest BCUT2D eigenvalue weighted by atomic mass is 10.1. The van der Waals surface area contributed by atoms with E-state index in [9.17, 15) is 4.79 Å². The summed E-state index contributed by atoms with van der Waals surface area (Å²) in [5.41, 5.74) is 2.37. The lowest BCUT2D eigenvalue weighted by Gasteiger charge is -2.24. The first-order valence-electron chi connectivity index (χ1n) is 8.18. The number of carbonyl (C=O) groups excluding carboxylic acids is 1. The maximum atomic E-state index is 12.4. The molecule has 0 saturated carbocycles. The number of pyridine rings is 1. The summed E-state index contributed by atoms with van der Waals surface area (Å²) in [4.78, 5) is 20.2. The molecular formula is C19H23N3O2.